The summed E-state index contributed by atoms with van der Waals surface area (Å²) in [6.07, 6.45) is 8.87. The number of fused-ring (bicyclic) bond motifs is 10. The summed E-state index contributed by atoms with van der Waals surface area (Å²) >= 11 is 0. The van der Waals surface area contributed by atoms with E-state index >= 15 is 0 Å². The molecule has 2 atom stereocenters. The highest BCUT2D eigenvalue weighted by atomic mass is 16.7. The molecule has 0 spiro atoms. The molecule has 0 aliphatic carbocycles. The van der Waals surface area contributed by atoms with Gasteiger partial charge in [0.05, 0.1) is 70.7 Å². The molecule has 4 aromatic carbocycles. The second kappa shape index (κ2) is 21.7. The number of carbonyl (C=O) groups is 2. The molecule has 2 amide bonds. The van der Waals surface area contributed by atoms with Crippen LogP contribution in [0.25, 0.3) is 61.4 Å². The minimum Gasteiger partial charge on any atom is -0.492 e. The molecule has 460 valence electrons. The van der Waals surface area contributed by atoms with Gasteiger partial charge in [-0.05, 0) is 193 Å². The molecule has 1 N–H and O–H groups in total. The normalized spacial score (nSPS) is 21.5. The Balaban J connectivity index is 0.000000173. The molecule has 10 heterocycles. The Hall–Kier alpha value is -7.31. The maximum absolute atomic E-state index is 12.9. The van der Waals surface area contributed by atoms with Gasteiger partial charge in [0.1, 0.15) is 51.2 Å². The van der Waals surface area contributed by atoms with Crippen molar-refractivity contribution in [2.24, 2.45) is 4.99 Å². The number of amides is 2. The van der Waals surface area contributed by atoms with Crippen molar-refractivity contribution in [1.29, 1.82) is 0 Å². The third-order valence-electron chi connectivity index (χ3n) is 18.8. The lowest BCUT2D eigenvalue weighted by Crippen LogP contribution is -2.43. The number of H-pyrrole nitrogens is 1. The summed E-state index contributed by atoms with van der Waals surface area (Å²) in [5, 5.41) is 2.12. The van der Waals surface area contributed by atoms with Crippen LogP contribution in [0, 0.1) is 0 Å². The summed E-state index contributed by atoms with van der Waals surface area (Å²) in [5.74, 6) is 4.01. The van der Waals surface area contributed by atoms with Gasteiger partial charge in [0, 0.05) is 71.7 Å². The third-order valence-corrected chi connectivity index (χ3v) is 18.8. The van der Waals surface area contributed by atoms with Gasteiger partial charge in [0.15, 0.2) is 0 Å². The van der Waals surface area contributed by atoms with Gasteiger partial charge < -0.3 is 51.4 Å². The fraction of sp³-hybridized carbons (Fsp3) is 0.478. The smallest absolute Gasteiger partial charge is 0.492 e. The lowest BCUT2D eigenvalue weighted by Gasteiger charge is -2.32. The van der Waals surface area contributed by atoms with Gasteiger partial charge in [-0.3, -0.25) is 14.8 Å². The Morgan fingerprint density at radius 2 is 1.09 bits per heavy atom. The Kier molecular flexibility index (Phi) is 14.7. The zero-order valence-electron chi connectivity index (χ0n) is 53.4. The molecule has 0 radical (unpaired) electrons. The highest BCUT2D eigenvalue weighted by Gasteiger charge is 2.53. The van der Waals surface area contributed by atoms with E-state index in [1.807, 2.05) is 95.2 Å². The number of hydrogen-bond acceptors (Lipinski definition) is 14. The van der Waals surface area contributed by atoms with E-state index in [0.717, 1.165) is 144 Å². The van der Waals surface area contributed by atoms with Gasteiger partial charge in [0.2, 0.25) is 0 Å². The first kappa shape index (κ1) is 59.6. The third kappa shape index (κ3) is 11.1. The molecular weight excluding hydrogens is 1110 g/mol. The number of imidazole rings is 1. The Bertz CT molecular complexity index is 3940. The number of allylic oxidation sites excluding steroid dienone is 1. The van der Waals surface area contributed by atoms with E-state index < -0.39 is 36.6 Å². The molecule has 0 saturated carbocycles. The highest BCUT2D eigenvalue weighted by Crippen LogP contribution is 2.46. The molecule has 4 fully saturated rings. The molecule has 88 heavy (non-hydrogen) atoms. The topological polar surface area (TPSA) is 182 Å². The summed E-state index contributed by atoms with van der Waals surface area (Å²) in [7, 11) is -0.855. The number of ether oxygens (including phenoxy) is 4. The minimum absolute atomic E-state index is 0.0494. The number of nitrogens with one attached hydrogen (secondary N) is 1. The van der Waals surface area contributed by atoms with E-state index in [2.05, 4.69) is 96.8 Å². The van der Waals surface area contributed by atoms with E-state index in [1.54, 1.807) is 4.90 Å². The molecule has 14 rings (SSSR count). The number of carbonyl (C=O) groups excluding carboxylic acids is 2. The van der Waals surface area contributed by atoms with E-state index in [9.17, 15) is 9.59 Å². The summed E-state index contributed by atoms with van der Waals surface area (Å²) in [6, 6.07) is 24.6. The molecule has 0 bridgehead atoms. The number of aromatic nitrogens is 2. The first-order valence-corrected chi connectivity index (χ1v) is 31.3. The highest BCUT2D eigenvalue weighted by molar-refractivity contribution is 6.62. The van der Waals surface area contributed by atoms with Gasteiger partial charge in [-0.15, -0.1) is 0 Å². The van der Waals surface area contributed by atoms with Gasteiger partial charge in [0.25, 0.3) is 0 Å². The van der Waals surface area contributed by atoms with Crippen molar-refractivity contribution in [3.63, 3.8) is 0 Å². The SMILES string of the molecule is CC(C)(C)OC(=O)N1CCC[C@H]1C1=NC=C(c2ccc3c(c2)OCCc2c-3oc3ccc(-c4cnc([C@@H]5CCCN5C(=O)OC(C)(C)C)[nH]4)cc23)C1.CC1(C)OB(c2ccc3c(c2)OCCc2c-3oc3ccc(B4OC(C)(C)C(C)(C)O4)cc23)OC1(C)C. The van der Waals surface area contributed by atoms with E-state index in [1.165, 1.54) is 0 Å². The largest absolute Gasteiger partial charge is 0.494 e. The van der Waals surface area contributed by atoms with Crippen molar-refractivity contribution in [2.75, 3.05) is 26.3 Å². The zero-order valence-corrected chi connectivity index (χ0v) is 53.4. The molecule has 3 aromatic heterocycles. The molecule has 7 aliphatic heterocycles. The van der Waals surface area contributed by atoms with E-state index in [0.29, 0.717) is 39.1 Å². The molecule has 4 saturated heterocycles. The van der Waals surface area contributed by atoms with Crippen LogP contribution in [0.15, 0.2) is 99.0 Å². The van der Waals surface area contributed by atoms with Crippen LogP contribution in [-0.2, 0) is 40.9 Å². The van der Waals surface area contributed by atoms with Crippen LogP contribution in [0.5, 0.6) is 11.5 Å². The van der Waals surface area contributed by atoms with Crippen molar-refractivity contribution in [1.82, 2.24) is 19.8 Å². The molecule has 7 aliphatic rings. The van der Waals surface area contributed by atoms with Gasteiger partial charge in [-0.1, -0.05) is 24.3 Å². The number of nitrogens with zero attached hydrogens (tertiary/aromatic N) is 4. The van der Waals surface area contributed by atoms with E-state index in [4.69, 9.17) is 56.4 Å². The predicted octanol–water partition coefficient (Wildman–Crippen LogP) is 13.7. The van der Waals surface area contributed by atoms with Crippen LogP contribution in [0.2, 0.25) is 0 Å². The second-order valence-electron chi connectivity index (χ2n) is 28.4. The maximum Gasteiger partial charge on any atom is 0.494 e. The lowest BCUT2D eigenvalue weighted by atomic mass is 9.78. The molecule has 19 heteroatoms. The van der Waals surface area contributed by atoms with Gasteiger partial charge >= 0.3 is 26.4 Å². The Morgan fingerprint density at radius 3 is 1.67 bits per heavy atom. The zero-order chi connectivity index (χ0) is 62.0. The summed E-state index contributed by atoms with van der Waals surface area (Å²) in [5.41, 5.74) is 10.1. The van der Waals surface area contributed by atoms with Crippen LogP contribution in [0.1, 0.15) is 158 Å². The maximum atomic E-state index is 12.9. The summed E-state index contributed by atoms with van der Waals surface area (Å²) < 4.78 is 61.9. The van der Waals surface area contributed by atoms with Crippen molar-refractivity contribution >= 4 is 70.6 Å². The summed E-state index contributed by atoms with van der Waals surface area (Å²) in [6.45, 7) is 30.3. The van der Waals surface area contributed by atoms with Crippen LogP contribution in [0.4, 0.5) is 9.59 Å². The monoisotopic (exact) mass is 1190 g/mol. The van der Waals surface area contributed by atoms with Crippen LogP contribution in [0.3, 0.4) is 0 Å². The van der Waals surface area contributed by atoms with Crippen molar-refractivity contribution in [2.45, 2.75) is 188 Å². The van der Waals surface area contributed by atoms with Crippen LogP contribution in [-0.4, -0.2) is 118 Å². The minimum atomic E-state index is -0.555. The Morgan fingerprint density at radius 1 is 0.602 bits per heavy atom. The average Bonchev–Trinajstić information content (AvgIpc) is 2.07. The van der Waals surface area contributed by atoms with Gasteiger partial charge in [-0.25, -0.2) is 14.6 Å². The number of likely N-dealkylation sites (tertiary alicyclic amines) is 2. The summed E-state index contributed by atoms with van der Waals surface area (Å²) in [4.78, 5) is 42.5. The van der Waals surface area contributed by atoms with E-state index in [-0.39, 0.29) is 35.5 Å². The van der Waals surface area contributed by atoms with Crippen molar-refractivity contribution in [3.05, 3.63) is 108 Å². The molecule has 17 nitrogen and oxygen atoms in total. The number of aromatic amines is 1. The van der Waals surface area contributed by atoms with Gasteiger partial charge in [-0.2, -0.15) is 0 Å². The standard InChI is InChI=1S/C41H47N5O6.C28H34B2O6/c1-40(2,3)51-38(47)45-16-7-9-32(45)30-20-26(22-42-30)24-11-13-28-35(21-24)49-18-15-27-29-19-25(12-14-34(29)50-36(27)28)31-23-43-37(44-31)33-10-8-17-46(33)39(48)52-41(4,5)6;1-25(2)26(3,4)34-29(33-25)17-10-12-22-21(15-17)19-13-14-31-23-16-18(9-11-20(23)24(19)32-22)30-35-27(5,6)28(7,8)36-30/h11-14,19,21-23,32-33H,7-10,15-18,20H2,1-6H3,(H,43,44);9-12,15-16H,13-14H2,1-8H3/t32-,33-;/m0./s1. The fourth-order valence-electron chi connectivity index (χ4n) is 12.8. The molecule has 7 aromatic rings. The first-order valence-electron chi connectivity index (χ1n) is 31.3. The Labute approximate surface area is 516 Å². The molecular formula is C69H81B2N5O12. The predicted molar refractivity (Wildman–Crippen MR) is 342 cm³/mol. The second-order valence-corrected chi connectivity index (χ2v) is 28.4. The lowest BCUT2D eigenvalue weighted by molar-refractivity contribution is 0.00578. The number of hydrogen-bond donors (Lipinski definition) is 1. The average molecular weight is 1190 g/mol. The van der Waals surface area contributed by atoms with Crippen molar-refractivity contribution < 1.29 is 56.0 Å². The number of rotatable bonds is 6. The molecule has 0 unspecified atom stereocenters. The first-order chi connectivity index (χ1) is 41.6. The van der Waals surface area contributed by atoms with Crippen LogP contribution < -0.4 is 20.4 Å². The number of furan rings is 2. The number of aliphatic imine (C=N–C) groups is 1. The quantitative estimate of drug-likeness (QED) is 0.155. The van der Waals surface area contributed by atoms with Crippen LogP contribution >= 0.6 is 0 Å². The number of benzene rings is 4. The fourth-order valence-corrected chi connectivity index (χ4v) is 12.8. The van der Waals surface area contributed by atoms with Crippen molar-refractivity contribution in [3.8, 4) is 45.4 Å².